The Morgan fingerprint density at radius 3 is 2.68 bits per heavy atom. The lowest BCUT2D eigenvalue weighted by Gasteiger charge is -2.25. The Bertz CT molecular complexity index is 638. The van der Waals surface area contributed by atoms with Crippen molar-refractivity contribution in [1.29, 1.82) is 0 Å². The maximum Gasteiger partial charge on any atom is 0.223 e. The average Bonchev–Trinajstić information content (AvgIpc) is 3.15. The van der Waals surface area contributed by atoms with Crippen LogP contribution in [-0.4, -0.2) is 15.5 Å². The number of hydrogen-bond acceptors (Lipinski definition) is 2. The Hall–Kier alpha value is -1.84. The number of aryl methyl sites for hydroxylation is 1. The monoisotopic (exact) mass is 257 g/mol. The van der Waals surface area contributed by atoms with Crippen LogP contribution in [0.25, 0.3) is 11.0 Å². The molecule has 1 amide bonds. The summed E-state index contributed by atoms with van der Waals surface area (Å²) in [6.45, 7) is 4.02. The highest BCUT2D eigenvalue weighted by atomic mass is 16.2. The third-order valence-corrected chi connectivity index (χ3v) is 3.73. The largest absolute Gasteiger partial charge is 0.344 e. The van der Waals surface area contributed by atoms with E-state index < -0.39 is 5.54 Å². The Kier molecular flexibility index (Phi) is 2.62. The van der Waals surface area contributed by atoms with Crippen molar-refractivity contribution in [3.63, 3.8) is 0 Å². The summed E-state index contributed by atoms with van der Waals surface area (Å²) in [6.07, 6.45) is 2.04. The number of hydrogen-bond donors (Lipinski definition) is 1. The minimum absolute atomic E-state index is 0.150. The molecule has 1 aliphatic carbocycles. The van der Waals surface area contributed by atoms with Gasteiger partial charge in [0, 0.05) is 13.0 Å². The summed E-state index contributed by atoms with van der Waals surface area (Å²) in [4.78, 5) is 16.6. The number of benzene rings is 1. The van der Waals surface area contributed by atoms with E-state index in [0.717, 1.165) is 29.7 Å². The molecule has 3 rings (SSSR count). The normalized spacial score (nSPS) is 15.7. The highest BCUT2D eigenvalue weighted by Gasteiger charge is 2.35. The molecule has 1 aromatic carbocycles. The Balaban J connectivity index is 1.97. The van der Waals surface area contributed by atoms with Crippen molar-refractivity contribution in [2.75, 3.05) is 0 Å². The van der Waals surface area contributed by atoms with E-state index in [2.05, 4.69) is 14.9 Å². The smallest absolute Gasteiger partial charge is 0.223 e. The predicted molar refractivity (Wildman–Crippen MR) is 74.6 cm³/mol. The number of carbonyl (C=O) groups is 1. The second-order valence-corrected chi connectivity index (χ2v) is 5.87. The molecule has 0 aliphatic heterocycles. The number of imidazole rings is 1. The summed E-state index contributed by atoms with van der Waals surface area (Å²) < 4.78 is 2.06. The lowest BCUT2D eigenvalue weighted by atomic mass is 10.0. The summed E-state index contributed by atoms with van der Waals surface area (Å²) in [5.74, 6) is 1.26. The number of fused-ring (bicyclic) bond motifs is 1. The first-order valence-corrected chi connectivity index (χ1v) is 6.73. The fraction of sp³-hybridized carbons (Fsp3) is 0.467. The van der Waals surface area contributed by atoms with Gasteiger partial charge in [-0.3, -0.25) is 4.79 Å². The van der Waals surface area contributed by atoms with Crippen molar-refractivity contribution in [3.8, 4) is 0 Å². The van der Waals surface area contributed by atoms with Crippen LogP contribution in [0.4, 0.5) is 0 Å². The number of para-hydroxylation sites is 2. The SMILES string of the molecule is Cn1c(C(C)(C)NC(=O)C2CC2)nc2ccccc21. The third-order valence-electron chi connectivity index (χ3n) is 3.73. The van der Waals surface area contributed by atoms with E-state index in [-0.39, 0.29) is 11.8 Å². The molecule has 4 nitrogen and oxygen atoms in total. The van der Waals surface area contributed by atoms with Gasteiger partial charge in [-0.25, -0.2) is 4.98 Å². The highest BCUT2D eigenvalue weighted by Crippen LogP contribution is 2.31. The fourth-order valence-electron chi connectivity index (χ4n) is 2.52. The van der Waals surface area contributed by atoms with Gasteiger partial charge >= 0.3 is 0 Å². The molecule has 1 aromatic heterocycles. The zero-order valence-corrected chi connectivity index (χ0v) is 11.6. The molecule has 1 saturated carbocycles. The third kappa shape index (κ3) is 2.11. The van der Waals surface area contributed by atoms with Crippen LogP contribution < -0.4 is 5.32 Å². The van der Waals surface area contributed by atoms with Gasteiger partial charge in [-0.05, 0) is 38.8 Å². The van der Waals surface area contributed by atoms with Crippen LogP contribution in [0.5, 0.6) is 0 Å². The molecule has 19 heavy (non-hydrogen) atoms. The molecule has 2 aromatic rings. The molecule has 100 valence electrons. The molecule has 1 heterocycles. The maximum atomic E-state index is 12.0. The zero-order valence-electron chi connectivity index (χ0n) is 11.6. The van der Waals surface area contributed by atoms with Gasteiger partial charge in [-0.15, -0.1) is 0 Å². The van der Waals surface area contributed by atoms with Crippen LogP contribution in [0.2, 0.25) is 0 Å². The first-order valence-electron chi connectivity index (χ1n) is 6.73. The highest BCUT2D eigenvalue weighted by molar-refractivity contribution is 5.82. The summed E-state index contributed by atoms with van der Waals surface area (Å²) in [7, 11) is 2.00. The van der Waals surface area contributed by atoms with Crippen molar-refractivity contribution >= 4 is 16.9 Å². The minimum Gasteiger partial charge on any atom is -0.344 e. The Morgan fingerprint density at radius 2 is 2.05 bits per heavy atom. The van der Waals surface area contributed by atoms with Crippen LogP contribution in [-0.2, 0) is 17.4 Å². The van der Waals surface area contributed by atoms with E-state index in [4.69, 9.17) is 0 Å². The zero-order chi connectivity index (χ0) is 13.6. The molecule has 0 bridgehead atoms. The van der Waals surface area contributed by atoms with Crippen LogP contribution in [0.15, 0.2) is 24.3 Å². The van der Waals surface area contributed by atoms with Crippen molar-refractivity contribution in [3.05, 3.63) is 30.1 Å². The van der Waals surface area contributed by atoms with Crippen LogP contribution in [0.3, 0.4) is 0 Å². The summed E-state index contributed by atoms with van der Waals surface area (Å²) in [6, 6.07) is 8.03. The molecule has 4 heteroatoms. The molecule has 0 radical (unpaired) electrons. The molecule has 0 spiro atoms. The predicted octanol–water partition coefficient (Wildman–Crippen LogP) is 2.33. The van der Waals surface area contributed by atoms with E-state index >= 15 is 0 Å². The van der Waals surface area contributed by atoms with E-state index in [1.165, 1.54) is 0 Å². The molecule has 1 N–H and O–H groups in total. The molecule has 0 saturated heterocycles. The molecule has 0 atom stereocenters. The second kappa shape index (κ2) is 4.08. The molecule has 0 unspecified atom stereocenters. The summed E-state index contributed by atoms with van der Waals surface area (Å²) in [5, 5.41) is 3.11. The number of amides is 1. The molecular formula is C15H19N3O. The van der Waals surface area contributed by atoms with Gasteiger partial charge in [0.05, 0.1) is 16.6 Å². The van der Waals surface area contributed by atoms with Crippen LogP contribution >= 0.6 is 0 Å². The van der Waals surface area contributed by atoms with Gasteiger partial charge in [0.15, 0.2) is 0 Å². The van der Waals surface area contributed by atoms with Gasteiger partial charge < -0.3 is 9.88 Å². The number of nitrogens with zero attached hydrogens (tertiary/aromatic N) is 2. The number of nitrogens with one attached hydrogen (secondary N) is 1. The van der Waals surface area contributed by atoms with Gasteiger partial charge in [-0.2, -0.15) is 0 Å². The first-order chi connectivity index (χ1) is 8.99. The molecular weight excluding hydrogens is 238 g/mol. The van der Waals surface area contributed by atoms with Crippen molar-refractivity contribution < 1.29 is 4.79 Å². The van der Waals surface area contributed by atoms with Crippen molar-refractivity contribution in [2.24, 2.45) is 13.0 Å². The van der Waals surface area contributed by atoms with E-state index in [1.54, 1.807) is 0 Å². The van der Waals surface area contributed by atoms with Crippen LogP contribution in [0.1, 0.15) is 32.5 Å². The van der Waals surface area contributed by atoms with Crippen LogP contribution in [0, 0.1) is 5.92 Å². The van der Waals surface area contributed by atoms with Gasteiger partial charge in [0.25, 0.3) is 0 Å². The number of aromatic nitrogens is 2. The Labute approximate surface area is 112 Å². The number of carbonyl (C=O) groups excluding carboxylic acids is 1. The summed E-state index contributed by atoms with van der Waals surface area (Å²) in [5.41, 5.74) is 1.60. The first kappa shape index (κ1) is 12.2. The second-order valence-electron chi connectivity index (χ2n) is 5.87. The lowest BCUT2D eigenvalue weighted by molar-refractivity contribution is -0.124. The maximum absolute atomic E-state index is 12.0. The molecule has 1 fully saturated rings. The van der Waals surface area contributed by atoms with Crippen molar-refractivity contribution in [1.82, 2.24) is 14.9 Å². The topological polar surface area (TPSA) is 46.9 Å². The fourth-order valence-corrected chi connectivity index (χ4v) is 2.52. The van der Waals surface area contributed by atoms with Gasteiger partial charge in [0.1, 0.15) is 5.82 Å². The number of rotatable bonds is 3. The Morgan fingerprint density at radius 1 is 1.37 bits per heavy atom. The van der Waals surface area contributed by atoms with Crippen molar-refractivity contribution in [2.45, 2.75) is 32.2 Å². The van der Waals surface area contributed by atoms with E-state index in [9.17, 15) is 4.79 Å². The average molecular weight is 257 g/mol. The van der Waals surface area contributed by atoms with Gasteiger partial charge in [0.2, 0.25) is 5.91 Å². The lowest BCUT2D eigenvalue weighted by Crippen LogP contribution is -2.43. The minimum atomic E-state index is -0.451. The molecule has 1 aliphatic rings. The quantitative estimate of drug-likeness (QED) is 0.917. The van der Waals surface area contributed by atoms with Gasteiger partial charge in [-0.1, -0.05) is 12.1 Å². The summed E-state index contributed by atoms with van der Waals surface area (Å²) >= 11 is 0. The van der Waals surface area contributed by atoms with E-state index in [1.807, 2.05) is 45.2 Å². The standard InChI is InChI=1S/C15H19N3O/c1-15(2,17-13(19)10-8-9-10)14-16-11-6-4-5-7-12(11)18(14)3/h4-7,10H,8-9H2,1-3H3,(H,17,19). The van der Waals surface area contributed by atoms with E-state index in [0.29, 0.717) is 0 Å².